The SMILES string of the molecule is C=C(/C=C\C(=C/C)C(=O)N1CCCC1)[C@@H]([C@H](C)Nc1nn(C)c(=O)c2cccnc12)N(C)C. The number of nitrogens with zero attached hydrogens (tertiary/aromatic N) is 5. The van der Waals surface area contributed by atoms with E-state index in [2.05, 4.69) is 26.9 Å². The number of rotatable bonds is 8. The fourth-order valence-corrected chi connectivity index (χ4v) is 4.36. The van der Waals surface area contributed by atoms with Crippen LogP contribution in [-0.2, 0) is 11.8 Å². The lowest BCUT2D eigenvalue weighted by Gasteiger charge is -2.32. The number of hydrogen-bond acceptors (Lipinski definition) is 6. The summed E-state index contributed by atoms with van der Waals surface area (Å²) in [5.74, 6) is 0.612. The number of amides is 1. The third kappa shape index (κ3) is 5.39. The van der Waals surface area contributed by atoms with Gasteiger partial charge >= 0.3 is 0 Å². The Morgan fingerprint density at radius 1 is 1.27 bits per heavy atom. The Morgan fingerprint density at radius 3 is 2.61 bits per heavy atom. The van der Waals surface area contributed by atoms with Crippen LogP contribution in [-0.4, -0.2) is 69.7 Å². The van der Waals surface area contributed by atoms with Crippen molar-refractivity contribution in [2.24, 2.45) is 7.05 Å². The van der Waals surface area contributed by atoms with Gasteiger partial charge in [-0.2, -0.15) is 5.10 Å². The summed E-state index contributed by atoms with van der Waals surface area (Å²) in [5.41, 5.74) is 1.88. The highest BCUT2D eigenvalue weighted by atomic mass is 16.2. The minimum atomic E-state index is -0.186. The summed E-state index contributed by atoms with van der Waals surface area (Å²) in [6.45, 7) is 9.85. The Bertz CT molecular complexity index is 1140. The van der Waals surface area contributed by atoms with Gasteiger partial charge in [0.1, 0.15) is 5.52 Å². The lowest BCUT2D eigenvalue weighted by Crippen LogP contribution is -2.43. The van der Waals surface area contributed by atoms with Gasteiger partial charge in [-0.15, -0.1) is 0 Å². The van der Waals surface area contributed by atoms with E-state index >= 15 is 0 Å². The molecule has 2 atom stereocenters. The number of fused-ring (bicyclic) bond motifs is 1. The third-order valence-electron chi connectivity index (χ3n) is 6.01. The predicted octanol–water partition coefficient (Wildman–Crippen LogP) is 2.74. The molecule has 0 aliphatic carbocycles. The van der Waals surface area contributed by atoms with Gasteiger partial charge < -0.3 is 15.1 Å². The summed E-state index contributed by atoms with van der Waals surface area (Å²) in [5, 5.41) is 8.34. The molecular formula is C25H34N6O2. The van der Waals surface area contributed by atoms with Crippen LogP contribution in [0, 0.1) is 0 Å². The first kappa shape index (κ1) is 24.4. The van der Waals surface area contributed by atoms with E-state index in [0.717, 1.165) is 31.5 Å². The Kier molecular flexibility index (Phi) is 7.81. The number of anilines is 1. The summed E-state index contributed by atoms with van der Waals surface area (Å²) >= 11 is 0. The van der Waals surface area contributed by atoms with Crippen molar-refractivity contribution in [2.45, 2.75) is 38.8 Å². The van der Waals surface area contributed by atoms with Crippen LogP contribution in [0.25, 0.3) is 10.9 Å². The molecule has 3 rings (SSSR count). The normalized spacial score (nSPS) is 16.5. The molecule has 2 aromatic heterocycles. The zero-order chi connectivity index (χ0) is 24.1. The molecule has 0 spiro atoms. The molecule has 0 unspecified atom stereocenters. The molecule has 1 amide bonds. The zero-order valence-corrected chi connectivity index (χ0v) is 20.2. The number of aromatic nitrogens is 3. The molecule has 1 fully saturated rings. The second kappa shape index (κ2) is 10.6. The lowest BCUT2D eigenvalue weighted by molar-refractivity contribution is -0.125. The van der Waals surface area contributed by atoms with Crippen LogP contribution >= 0.6 is 0 Å². The number of nitrogens with one attached hydrogen (secondary N) is 1. The van der Waals surface area contributed by atoms with Crippen molar-refractivity contribution in [3.63, 3.8) is 0 Å². The fourth-order valence-electron chi connectivity index (χ4n) is 4.36. The monoisotopic (exact) mass is 450 g/mol. The molecule has 1 saturated heterocycles. The first-order valence-corrected chi connectivity index (χ1v) is 11.3. The molecule has 1 aliphatic heterocycles. The first-order chi connectivity index (χ1) is 15.7. The molecule has 0 bridgehead atoms. The van der Waals surface area contributed by atoms with E-state index in [1.807, 2.05) is 51.1 Å². The van der Waals surface area contributed by atoms with Crippen molar-refractivity contribution in [3.05, 3.63) is 64.6 Å². The van der Waals surface area contributed by atoms with Gasteiger partial charge in [-0.05, 0) is 64.6 Å². The van der Waals surface area contributed by atoms with Crippen molar-refractivity contribution < 1.29 is 4.79 Å². The topological polar surface area (TPSA) is 83.4 Å². The van der Waals surface area contributed by atoms with Gasteiger partial charge in [0.15, 0.2) is 5.82 Å². The summed E-state index contributed by atoms with van der Waals surface area (Å²) in [6.07, 6.45) is 9.40. The van der Waals surface area contributed by atoms with Crippen molar-refractivity contribution in [1.82, 2.24) is 24.6 Å². The van der Waals surface area contributed by atoms with Crippen LogP contribution < -0.4 is 10.9 Å². The third-order valence-corrected chi connectivity index (χ3v) is 6.01. The molecule has 1 aliphatic rings. The average Bonchev–Trinajstić information content (AvgIpc) is 3.32. The first-order valence-electron chi connectivity index (χ1n) is 11.3. The minimum Gasteiger partial charge on any atom is -0.362 e. The van der Waals surface area contributed by atoms with E-state index in [4.69, 9.17) is 0 Å². The van der Waals surface area contributed by atoms with E-state index in [9.17, 15) is 9.59 Å². The van der Waals surface area contributed by atoms with E-state index in [-0.39, 0.29) is 23.6 Å². The van der Waals surface area contributed by atoms with Crippen molar-refractivity contribution >= 4 is 22.6 Å². The molecule has 2 aromatic rings. The van der Waals surface area contributed by atoms with Crippen molar-refractivity contribution in [2.75, 3.05) is 32.5 Å². The minimum absolute atomic E-state index is 0.0681. The van der Waals surface area contributed by atoms with E-state index in [0.29, 0.717) is 22.3 Å². The molecule has 0 radical (unpaired) electrons. The Hall–Kier alpha value is -3.26. The van der Waals surface area contributed by atoms with Gasteiger partial charge in [0.25, 0.3) is 11.5 Å². The number of likely N-dealkylation sites (tertiary alicyclic amines) is 1. The van der Waals surface area contributed by atoms with E-state index in [1.54, 1.807) is 25.4 Å². The summed E-state index contributed by atoms with van der Waals surface area (Å²) in [6, 6.07) is 3.31. The molecule has 176 valence electrons. The smallest absolute Gasteiger partial charge is 0.276 e. The van der Waals surface area contributed by atoms with Crippen LogP contribution in [0.5, 0.6) is 0 Å². The summed E-state index contributed by atoms with van der Waals surface area (Å²) in [7, 11) is 5.60. The van der Waals surface area contributed by atoms with Crippen molar-refractivity contribution in [1.29, 1.82) is 0 Å². The standard InChI is InChI=1S/C25H34N6O2/c1-7-19(24(32)31-15-8-9-16-31)13-12-17(2)22(29(4)5)18(3)27-23-21-20(11-10-14-26-21)25(33)30(6)28-23/h7,10-14,18,22H,2,8-9,15-16H2,1,3-6H3,(H,27,28)/b13-12-,19-7+/t18-,22-/m0/s1. The summed E-state index contributed by atoms with van der Waals surface area (Å²) < 4.78 is 1.32. The van der Waals surface area contributed by atoms with Gasteiger partial charge in [0.2, 0.25) is 0 Å². The maximum absolute atomic E-state index is 12.8. The van der Waals surface area contributed by atoms with Crippen LogP contribution in [0.15, 0.2) is 59.1 Å². The van der Waals surface area contributed by atoms with E-state index < -0.39 is 0 Å². The highest BCUT2D eigenvalue weighted by molar-refractivity contribution is 5.96. The van der Waals surface area contributed by atoms with Gasteiger partial charge in [-0.1, -0.05) is 18.7 Å². The van der Waals surface area contributed by atoms with Crippen LogP contribution in [0.2, 0.25) is 0 Å². The lowest BCUT2D eigenvalue weighted by atomic mass is 9.99. The molecule has 8 heteroatoms. The van der Waals surface area contributed by atoms with Gasteiger partial charge in [0.05, 0.1) is 11.4 Å². The molecule has 0 aromatic carbocycles. The fraction of sp³-hybridized carbons (Fsp3) is 0.440. The number of aryl methyl sites for hydroxylation is 1. The number of pyridine rings is 1. The Balaban J connectivity index is 1.81. The average molecular weight is 451 g/mol. The molecule has 0 saturated carbocycles. The quantitative estimate of drug-likeness (QED) is 0.492. The predicted molar refractivity (Wildman–Crippen MR) is 133 cm³/mol. The maximum Gasteiger partial charge on any atom is 0.276 e. The number of carbonyl (C=O) groups is 1. The van der Waals surface area contributed by atoms with Crippen molar-refractivity contribution in [3.8, 4) is 0 Å². The van der Waals surface area contributed by atoms with Gasteiger partial charge in [-0.25, -0.2) is 4.68 Å². The van der Waals surface area contributed by atoms with Gasteiger partial charge in [-0.3, -0.25) is 14.6 Å². The Labute approximate surface area is 195 Å². The number of carbonyl (C=O) groups excluding carboxylic acids is 1. The maximum atomic E-state index is 12.8. The second-order valence-corrected chi connectivity index (χ2v) is 8.67. The highest BCUT2D eigenvalue weighted by Crippen LogP contribution is 2.21. The van der Waals surface area contributed by atoms with E-state index in [1.165, 1.54) is 4.68 Å². The van der Waals surface area contributed by atoms with Gasteiger partial charge in [0, 0.05) is 37.9 Å². The largest absolute Gasteiger partial charge is 0.362 e. The van der Waals surface area contributed by atoms with Crippen LogP contribution in [0.3, 0.4) is 0 Å². The molecule has 1 N–H and O–H groups in total. The number of allylic oxidation sites excluding steroid dienone is 1. The second-order valence-electron chi connectivity index (χ2n) is 8.67. The Morgan fingerprint density at radius 2 is 1.97 bits per heavy atom. The molecule has 8 nitrogen and oxygen atoms in total. The zero-order valence-electron chi connectivity index (χ0n) is 20.2. The van der Waals surface area contributed by atoms with Crippen LogP contribution in [0.4, 0.5) is 5.82 Å². The van der Waals surface area contributed by atoms with Crippen LogP contribution in [0.1, 0.15) is 26.7 Å². The molecular weight excluding hydrogens is 416 g/mol. The number of hydrogen-bond donors (Lipinski definition) is 1. The summed E-state index contributed by atoms with van der Waals surface area (Å²) in [4.78, 5) is 33.5. The highest BCUT2D eigenvalue weighted by Gasteiger charge is 2.24. The molecule has 33 heavy (non-hydrogen) atoms. The number of likely N-dealkylation sites (N-methyl/N-ethyl adjacent to an activating group) is 1. The molecule has 3 heterocycles.